The number of rotatable bonds is 23. The van der Waals surface area contributed by atoms with Gasteiger partial charge in [-0.25, -0.2) is 0 Å². The number of ether oxygens (including phenoxy) is 2. The summed E-state index contributed by atoms with van der Waals surface area (Å²) >= 11 is 10.9. The average molecular weight is 482 g/mol. The van der Waals surface area contributed by atoms with Crippen molar-refractivity contribution in [2.24, 2.45) is 0 Å². The fourth-order valence-corrected chi connectivity index (χ4v) is 3.64. The van der Waals surface area contributed by atoms with E-state index in [2.05, 4.69) is 6.92 Å². The molecule has 0 atom stereocenters. The first-order valence-electron chi connectivity index (χ1n) is 12.7. The average Bonchev–Trinajstić information content (AvgIpc) is 2.75. The van der Waals surface area contributed by atoms with E-state index in [9.17, 15) is 9.59 Å². The van der Waals surface area contributed by atoms with Gasteiger partial charge < -0.3 is 9.47 Å². The zero-order valence-corrected chi connectivity index (χ0v) is 21.3. The summed E-state index contributed by atoms with van der Waals surface area (Å²) in [5.74, 6) is -0.845. The summed E-state index contributed by atoms with van der Waals surface area (Å²) in [6.07, 6.45) is 22.5. The van der Waals surface area contributed by atoms with Gasteiger partial charge in [-0.1, -0.05) is 110 Å². The van der Waals surface area contributed by atoms with Gasteiger partial charge in [0.25, 0.3) is 0 Å². The Bertz CT molecular complexity index is 416. The largest absolute Gasteiger partial charge is 0.466 e. The van der Waals surface area contributed by atoms with Gasteiger partial charge in [-0.2, -0.15) is 0 Å². The number of carbonyl (C=O) groups excluding carboxylic acids is 2. The lowest BCUT2D eigenvalue weighted by Gasteiger charge is -2.06. The number of alkyl halides is 2. The molecule has 0 rings (SSSR count). The molecule has 0 aromatic carbocycles. The molecule has 4 nitrogen and oxygen atoms in total. The first kappa shape index (κ1) is 30.5. The van der Waals surface area contributed by atoms with Crippen molar-refractivity contribution < 1.29 is 19.1 Å². The zero-order valence-electron chi connectivity index (χ0n) is 19.8. The Labute approximate surface area is 201 Å². The Kier molecular flexibility index (Phi) is 23.8. The molecule has 0 unspecified atom stereocenters. The standard InChI is InChI=1S/C25H46Cl2O4/c1-2-3-4-5-6-7-8-9-10-11-12-13-14-15-16-17-18-21-30-24(28)19-20-25(29)31-22-23(26)27/h23H,2-22H2,1H3. The molecule has 0 bridgehead atoms. The maximum Gasteiger partial charge on any atom is 0.306 e. The highest BCUT2D eigenvalue weighted by atomic mass is 35.5. The summed E-state index contributed by atoms with van der Waals surface area (Å²) in [7, 11) is 0. The van der Waals surface area contributed by atoms with E-state index < -0.39 is 10.8 Å². The highest BCUT2D eigenvalue weighted by Crippen LogP contribution is 2.14. The molecule has 0 aliphatic rings. The van der Waals surface area contributed by atoms with Gasteiger partial charge in [0.2, 0.25) is 0 Å². The van der Waals surface area contributed by atoms with Gasteiger partial charge in [0.1, 0.15) is 11.4 Å². The maximum absolute atomic E-state index is 11.6. The van der Waals surface area contributed by atoms with E-state index in [1.165, 1.54) is 96.3 Å². The molecule has 0 radical (unpaired) electrons. The van der Waals surface area contributed by atoms with E-state index in [1.807, 2.05) is 0 Å². The van der Waals surface area contributed by atoms with Crippen LogP contribution in [-0.4, -0.2) is 30.0 Å². The van der Waals surface area contributed by atoms with Crippen LogP contribution < -0.4 is 0 Å². The third kappa shape index (κ3) is 25.7. The number of hydrogen-bond donors (Lipinski definition) is 0. The van der Waals surface area contributed by atoms with Crippen molar-refractivity contribution in [3.05, 3.63) is 0 Å². The van der Waals surface area contributed by atoms with E-state index in [0.717, 1.165) is 12.8 Å². The van der Waals surface area contributed by atoms with Gasteiger partial charge in [0, 0.05) is 0 Å². The summed E-state index contributed by atoms with van der Waals surface area (Å²) in [6, 6.07) is 0. The van der Waals surface area contributed by atoms with Crippen LogP contribution in [-0.2, 0) is 19.1 Å². The molecule has 0 saturated carbocycles. The van der Waals surface area contributed by atoms with Crippen LogP contribution in [0.4, 0.5) is 0 Å². The van der Waals surface area contributed by atoms with Crippen molar-refractivity contribution in [1.29, 1.82) is 0 Å². The van der Waals surface area contributed by atoms with Crippen molar-refractivity contribution in [3.8, 4) is 0 Å². The number of esters is 2. The van der Waals surface area contributed by atoms with Crippen molar-refractivity contribution in [1.82, 2.24) is 0 Å². The van der Waals surface area contributed by atoms with Crippen LogP contribution in [0.2, 0.25) is 0 Å². The molecule has 0 aromatic heterocycles. The van der Waals surface area contributed by atoms with Gasteiger partial charge in [-0.05, 0) is 6.42 Å². The van der Waals surface area contributed by atoms with E-state index in [-0.39, 0.29) is 25.4 Å². The lowest BCUT2D eigenvalue weighted by molar-refractivity contribution is -0.150. The van der Waals surface area contributed by atoms with Gasteiger partial charge >= 0.3 is 11.9 Å². The SMILES string of the molecule is CCCCCCCCCCCCCCCCCCCOC(=O)CCC(=O)OCC(Cl)Cl. The quantitative estimate of drug-likeness (QED) is 0.0836. The Hall–Kier alpha value is -0.480. The molecule has 0 heterocycles. The first-order chi connectivity index (χ1) is 15.1. The van der Waals surface area contributed by atoms with Crippen LogP contribution in [0.5, 0.6) is 0 Å². The lowest BCUT2D eigenvalue weighted by Crippen LogP contribution is -2.13. The van der Waals surface area contributed by atoms with E-state index in [1.54, 1.807) is 0 Å². The molecule has 0 N–H and O–H groups in total. The van der Waals surface area contributed by atoms with Crippen molar-refractivity contribution in [2.75, 3.05) is 13.2 Å². The molecule has 0 fully saturated rings. The predicted molar refractivity (Wildman–Crippen MR) is 131 cm³/mol. The topological polar surface area (TPSA) is 52.6 Å². The fraction of sp³-hybridized carbons (Fsp3) is 0.920. The molecule has 0 spiro atoms. The number of carbonyl (C=O) groups is 2. The molecular weight excluding hydrogens is 435 g/mol. The van der Waals surface area contributed by atoms with Crippen molar-refractivity contribution in [2.45, 2.75) is 134 Å². The van der Waals surface area contributed by atoms with Crippen LogP contribution in [0.15, 0.2) is 0 Å². The molecular formula is C25H46Cl2O4. The lowest BCUT2D eigenvalue weighted by atomic mass is 10.0. The van der Waals surface area contributed by atoms with Crippen LogP contribution in [0, 0.1) is 0 Å². The van der Waals surface area contributed by atoms with Crippen LogP contribution in [0.25, 0.3) is 0 Å². The third-order valence-corrected chi connectivity index (χ3v) is 5.67. The van der Waals surface area contributed by atoms with Crippen LogP contribution in [0.3, 0.4) is 0 Å². The summed E-state index contributed by atoms with van der Waals surface area (Å²) in [4.78, 5) is 22.2. The van der Waals surface area contributed by atoms with Crippen LogP contribution >= 0.6 is 23.2 Å². The third-order valence-electron chi connectivity index (χ3n) is 5.41. The Morgan fingerprint density at radius 3 is 1.32 bits per heavy atom. The normalized spacial score (nSPS) is 11.1. The summed E-state index contributed by atoms with van der Waals surface area (Å²) in [5, 5.41) is 0. The Balaban J connectivity index is 3.21. The van der Waals surface area contributed by atoms with Crippen LogP contribution in [0.1, 0.15) is 129 Å². The highest BCUT2D eigenvalue weighted by Gasteiger charge is 2.10. The van der Waals surface area contributed by atoms with E-state index in [4.69, 9.17) is 32.7 Å². The molecule has 6 heteroatoms. The fourth-order valence-electron chi connectivity index (χ4n) is 3.52. The van der Waals surface area contributed by atoms with E-state index >= 15 is 0 Å². The van der Waals surface area contributed by atoms with Gasteiger partial charge in [-0.15, -0.1) is 23.2 Å². The predicted octanol–water partition coefficient (Wildman–Crippen LogP) is 8.31. The number of hydrogen-bond acceptors (Lipinski definition) is 4. The van der Waals surface area contributed by atoms with Crippen molar-refractivity contribution in [3.63, 3.8) is 0 Å². The second kappa shape index (κ2) is 24.2. The second-order valence-corrected chi connectivity index (χ2v) is 9.73. The molecule has 0 amide bonds. The van der Waals surface area contributed by atoms with Gasteiger partial charge in [-0.3, -0.25) is 9.59 Å². The highest BCUT2D eigenvalue weighted by molar-refractivity contribution is 6.44. The Morgan fingerprint density at radius 1 is 0.581 bits per heavy atom. The monoisotopic (exact) mass is 480 g/mol. The second-order valence-electron chi connectivity index (χ2n) is 8.45. The minimum Gasteiger partial charge on any atom is -0.466 e. The van der Waals surface area contributed by atoms with Gasteiger partial charge in [0.15, 0.2) is 0 Å². The smallest absolute Gasteiger partial charge is 0.306 e. The first-order valence-corrected chi connectivity index (χ1v) is 13.5. The molecule has 0 aromatic rings. The number of unbranched alkanes of at least 4 members (excludes halogenated alkanes) is 16. The molecule has 0 aliphatic heterocycles. The zero-order chi connectivity index (χ0) is 23.0. The molecule has 184 valence electrons. The molecule has 31 heavy (non-hydrogen) atoms. The maximum atomic E-state index is 11.6. The summed E-state index contributed by atoms with van der Waals surface area (Å²) in [5.41, 5.74) is 0. The minimum absolute atomic E-state index is 0.00161. The molecule has 0 aliphatic carbocycles. The summed E-state index contributed by atoms with van der Waals surface area (Å²) < 4.78 is 9.93. The van der Waals surface area contributed by atoms with Gasteiger partial charge in [0.05, 0.1) is 19.4 Å². The molecule has 0 saturated heterocycles. The van der Waals surface area contributed by atoms with E-state index in [0.29, 0.717) is 6.61 Å². The Morgan fingerprint density at radius 2 is 0.935 bits per heavy atom. The van der Waals surface area contributed by atoms with Crippen molar-refractivity contribution >= 4 is 35.1 Å². The minimum atomic E-state index is -0.740. The number of halogens is 2. The summed E-state index contributed by atoms with van der Waals surface area (Å²) in [6.45, 7) is 2.64.